The Morgan fingerprint density at radius 3 is 1.73 bits per heavy atom. The van der Waals surface area contributed by atoms with Gasteiger partial charge < -0.3 is 26.6 Å². The fourth-order valence-electron chi connectivity index (χ4n) is 3.24. The van der Waals surface area contributed by atoms with Gasteiger partial charge in [-0.1, -0.05) is 29.8 Å². The smallest absolute Gasteiger partial charge is 0.139 e. The number of aryl methyl sites for hydroxylation is 1. The van der Waals surface area contributed by atoms with Gasteiger partial charge in [0.15, 0.2) is 0 Å². The Hall–Kier alpha value is -2.96. The van der Waals surface area contributed by atoms with Gasteiger partial charge in [-0.3, -0.25) is 0 Å². The van der Waals surface area contributed by atoms with Gasteiger partial charge >= 0.3 is 0 Å². The van der Waals surface area contributed by atoms with E-state index >= 15 is 0 Å². The summed E-state index contributed by atoms with van der Waals surface area (Å²) in [5.74, 6) is 0.0805. The summed E-state index contributed by atoms with van der Waals surface area (Å²) in [6, 6.07) is 15.5. The summed E-state index contributed by atoms with van der Waals surface area (Å²) in [5.41, 5.74) is 1.13. The van der Waals surface area contributed by atoms with Crippen molar-refractivity contribution < 1.29 is 51.8 Å². The molecule has 4 aromatic rings. The van der Waals surface area contributed by atoms with E-state index in [0.717, 1.165) is 40.6 Å². The zero-order valence-corrected chi connectivity index (χ0v) is 21.6. The maximum atomic E-state index is 11.2. The monoisotopic (exact) mass is 586 g/mol. The first-order valence-electron chi connectivity index (χ1n) is 9.69. The molecular formula is C21H14O12S4-4. The first kappa shape index (κ1) is 28.6. The molecule has 2 unspecified atom stereocenters. The molecule has 0 aliphatic rings. The molecule has 0 bridgehead atoms. The Bertz CT molecular complexity index is 1750. The van der Waals surface area contributed by atoms with Gasteiger partial charge in [0.1, 0.15) is 54.5 Å². The molecule has 37 heavy (non-hydrogen) atoms. The van der Waals surface area contributed by atoms with Gasteiger partial charge in [0, 0.05) is 0 Å². The van der Waals surface area contributed by atoms with Gasteiger partial charge in [0.25, 0.3) is 0 Å². The lowest BCUT2D eigenvalue weighted by atomic mass is 10.1. The van der Waals surface area contributed by atoms with Crippen molar-refractivity contribution in [2.45, 2.75) is 16.7 Å². The number of hydrogen-bond acceptors (Lipinski definition) is 12. The minimum Gasteiger partial charge on any atom is -0.744 e. The first-order chi connectivity index (χ1) is 17.1. The van der Waals surface area contributed by atoms with E-state index in [1.54, 1.807) is 12.1 Å². The topological polar surface area (TPSA) is 213 Å². The van der Waals surface area contributed by atoms with Gasteiger partial charge in [-0.05, 0) is 70.9 Å². The minimum atomic E-state index is -5.06. The molecular weight excluding hydrogens is 572 g/mol. The fourth-order valence-corrected chi connectivity index (χ4v) is 5.10. The Labute approximate surface area is 216 Å². The molecule has 12 nitrogen and oxygen atoms in total. The average molecular weight is 587 g/mol. The maximum absolute atomic E-state index is 11.2. The summed E-state index contributed by atoms with van der Waals surface area (Å²) in [6.45, 7) is 1.98. The van der Waals surface area contributed by atoms with Crippen LogP contribution < -0.4 is 8.37 Å². The summed E-state index contributed by atoms with van der Waals surface area (Å²) in [7, 11) is -10.1. The number of benzene rings is 4. The second-order valence-corrected chi connectivity index (χ2v) is 11.2. The Morgan fingerprint density at radius 1 is 0.649 bits per heavy atom. The SMILES string of the molecule is Cc1ccc2ccc(OS(=O)[O-])cc2c1.O=S([O-])Oc1ccc2c(S(=O)(=O)[O-])cc(S(=O)(=O)[O-])cc2c1. The quantitative estimate of drug-likeness (QED) is 0.235. The number of hydrogen-bond donors (Lipinski definition) is 0. The number of fused-ring (bicyclic) bond motifs is 2. The molecule has 0 aliphatic heterocycles. The van der Waals surface area contributed by atoms with E-state index in [9.17, 15) is 43.5 Å². The van der Waals surface area contributed by atoms with Crippen molar-refractivity contribution in [1.29, 1.82) is 0 Å². The zero-order valence-electron chi connectivity index (χ0n) is 18.4. The molecule has 2 atom stereocenters. The molecule has 0 radical (unpaired) electrons. The average Bonchev–Trinajstić information content (AvgIpc) is 2.76. The third-order valence-corrected chi connectivity index (χ3v) is 7.06. The third kappa shape index (κ3) is 7.76. The first-order valence-corrected chi connectivity index (χ1v) is 14.5. The van der Waals surface area contributed by atoms with E-state index in [-0.39, 0.29) is 16.5 Å². The molecule has 0 spiro atoms. The van der Waals surface area contributed by atoms with Gasteiger partial charge in [0.05, 0.1) is 9.79 Å². The Balaban J connectivity index is 0.000000220. The highest BCUT2D eigenvalue weighted by atomic mass is 32.2. The van der Waals surface area contributed by atoms with Crippen molar-refractivity contribution in [3.8, 4) is 11.5 Å². The summed E-state index contributed by atoms with van der Waals surface area (Å²) in [6.07, 6.45) is 0. The molecule has 0 saturated heterocycles. The van der Waals surface area contributed by atoms with Crippen LogP contribution in [0.5, 0.6) is 11.5 Å². The third-order valence-electron chi connectivity index (χ3n) is 4.71. The maximum Gasteiger partial charge on any atom is 0.139 e. The van der Waals surface area contributed by atoms with E-state index in [1.807, 2.05) is 31.2 Å². The molecule has 0 aliphatic carbocycles. The summed E-state index contributed by atoms with van der Waals surface area (Å²) < 4.78 is 117. The summed E-state index contributed by atoms with van der Waals surface area (Å²) in [4.78, 5) is -1.84. The molecule has 0 saturated carbocycles. The Kier molecular flexibility index (Phi) is 8.66. The zero-order chi connectivity index (χ0) is 27.5. The highest BCUT2D eigenvalue weighted by Gasteiger charge is 2.14. The molecule has 16 heteroatoms. The largest absolute Gasteiger partial charge is 0.744 e. The van der Waals surface area contributed by atoms with Gasteiger partial charge in [-0.15, -0.1) is 0 Å². The molecule has 0 fully saturated rings. The van der Waals surface area contributed by atoms with Crippen molar-refractivity contribution in [1.82, 2.24) is 0 Å². The van der Waals surface area contributed by atoms with E-state index in [1.165, 1.54) is 0 Å². The van der Waals surface area contributed by atoms with Gasteiger partial charge in [-0.25, -0.2) is 25.3 Å². The lowest BCUT2D eigenvalue weighted by Crippen LogP contribution is -2.05. The second kappa shape index (κ2) is 11.2. The molecule has 0 N–H and O–H groups in total. The lowest BCUT2D eigenvalue weighted by Gasteiger charge is -2.16. The molecule has 0 heterocycles. The van der Waals surface area contributed by atoms with Crippen molar-refractivity contribution >= 4 is 64.5 Å². The van der Waals surface area contributed by atoms with Crippen LogP contribution in [0, 0.1) is 6.92 Å². The second-order valence-electron chi connectivity index (χ2n) is 7.30. The summed E-state index contributed by atoms with van der Waals surface area (Å²) in [5, 5.41) is 1.70. The lowest BCUT2D eigenvalue weighted by molar-refractivity contribution is 0.439. The van der Waals surface area contributed by atoms with Crippen LogP contribution in [0.4, 0.5) is 0 Å². The van der Waals surface area contributed by atoms with E-state index in [4.69, 9.17) is 0 Å². The van der Waals surface area contributed by atoms with Crippen LogP contribution in [-0.4, -0.2) is 43.5 Å². The van der Waals surface area contributed by atoms with Crippen molar-refractivity contribution in [3.05, 3.63) is 72.3 Å². The molecule has 0 aromatic heterocycles. The summed E-state index contributed by atoms with van der Waals surface area (Å²) >= 11 is -5.43. The van der Waals surface area contributed by atoms with Crippen LogP contribution in [0.1, 0.15) is 5.56 Å². The van der Waals surface area contributed by atoms with Crippen LogP contribution in [0.2, 0.25) is 0 Å². The van der Waals surface area contributed by atoms with Crippen molar-refractivity contribution in [3.63, 3.8) is 0 Å². The standard InChI is InChI=1S/C11H10O3S.C10H8O9S3/c1-8-2-3-9-4-5-11(14-15(12)13)7-10(9)6-8;11-20(12)19-7-1-2-9-6(3-7)4-8(21(13,14)15)5-10(9)22(16,17)18/h2-7H,1H3,(H,12,13);1-5H,(H,11,12)(H,13,14,15)(H,16,17,18)/p-4. The van der Waals surface area contributed by atoms with E-state index < -0.39 is 52.7 Å². The van der Waals surface area contributed by atoms with Crippen LogP contribution >= 0.6 is 0 Å². The van der Waals surface area contributed by atoms with E-state index in [0.29, 0.717) is 11.8 Å². The van der Waals surface area contributed by atoms with Crippen LogP contribution in [0.15, 0.2) is 76.5 Å². The fraction of sp³-hybridized carbons (Fsp3) is 0.0476. The normalized spacial score (nSPS) is 13.4. The molecule has 0 amide bonds. The van der Waals surface area contributed by atoms with Crippen LogP contribution in [0.3, 0.4) is 0 Å². The molecule has 4 aromatic carbocycles. The highest BCUT2D eigenvalue weighted by Crippen LogP contribution is 2.30. The van der Waals surface area contributed by atoms with Crippen LogP contribution in [-0.2, 0) is 43.0 Å². The van der Waals surface area contributed by atoms with Crippen LogP contribution in [0.25, 0.3) is 21.5 Å². The molecule has 4 rings (SSSR count). The van der Waals surface area contributed by atoms with Crippen molar-refractivity contribution in [2.24, 2.45) is 0 Å². The van der Waals surface area contributed by atoms with Gasteiger partial charge in [-0.2, -0.15) is 0 Å². The minimum absolute atomic E-state index is 0.158. The predicted octanol–water partition coefficient (Wildman–Crippen LogP) is 2.14. The molecule has 198 valence electrons. The Morgan fingerprint density at radius 2 is 1.19 bits per heavy atom. The van der Waals surface area contributed by atoms with E-state index in [2.05, 4.69) is 8.37 Å². The highest BCUT2D eigenvalue weighted by molar-refractivity contribution is 7.86. The van der Waals surface area contributed by atoms with Crippen molar-refractivity contribution in [2.75, 3.05) is 0 Å². The predicted molar refractivity (Wildman–Crippen MR) is 128 cm³/mol. The van der Waals surface area contributed by atoms with Gasteiger partial charge in [0.2, 0.25) is 0 Å². The number of rotatable bonds is 6.